The summed E-state index contributed by atoms with van der Waals surface area (Å²) in [5.41, 5.74) is 0. The van der Waals surface area contributed by atoms with Gasteiger partial charge in [0.15, 0.2) is 0 Å². The van der Waals surface area contributed by atoms with Crippen molar-refractivity contribution < 1.29 is 0 Å². The molecule has 0 radical (unpaired) electrons. The standard InChI is InChI=1S/C25H48/c1-3-5-7-9-11-13-15-17-19-21-23-25-24-22-20-18-16-14-12-10-8-6-4-2/h17,19,21,23H,3-16,18,20,22,24-25H2,1-2H3/b19-17+,23-21+. The lowest BCUT2D eigenvalue weighted by Crippen LogP contribution is -1.81. The van der Waals surface area contributed by atoms with Crippen molar-refractivity contribution in [2.75, 3.05) is 0 Å². The lowest BCUT2D eigenvalue weighted by Gasteiger charge is -2.01. The minimum Gasteiger partial charge on any atom is -0.0845 e. The van der Waals surface area contributed by atoms with Crippen LogP contribution in [0.25, 0.3) is 0 Å². The largest absolute Gasteiger partial charge is 0.0845 e. The first kappa shape index (κ1) is 24.5. The fraction of sp³-hybridized carbons (Fsp3) is 0.840. The smallest absolute Gasteiger partial charge is 0.0348 e. The van der Waals surface area contributed by atoms with E-state index >= 15 is 0 Å². The normalized spacial score (nSPS) is 11.9. The van der Waals surface area contributed by atoms with Crippen molar-refractivity contribution >= 4 is 0 Å². The molecule has 0 rings (SSSR count). The van der Waals surface area contributed by atoms with Gasteiger partial charge in [-0.25, -0.2) is 0 Å². The summed E-state index contributed by atoms with van der Waals surface area (Å²) in [7, 11) is 0. The van der Waals surface area contributed by atoms with E-state index in [2.05, 4.69) is 38.2 Å². The van der Waals surface area contributed by atoms with Gasteiger partial charge < -0.3 is 0 Å². The van der Waals surface area contributed by atoms with Crippen LogP contribution < -0.4 is 0 Å². The van der Waals surface area contributed by atoms with Gasteiger partial charge in [-0.2, -0.15) is 0 Å². The van der Waals surface area contributed by atoms with Gasteiger partial charge in [0, 0.05) is 0 Å². The third-order valence-corrected chi connectivity index (χ3v) is 5.08. The summed E-state index contributed by atoms with van der Waals surface area (Å²) >= 11 is 0. The molecule has 0 nitrogen and oxygen atoms in total. The van der Waals surface area contributed by atoms with E-state index in [0.29, 0.717) is 0 Å². The topological polar surface area (TPSA) is 0 Å². The van der Waals surface area contributed by atoms with E-state index in [1.165, 1.54) is 122 Å². The van der Waals surface area contributed by atoms with Gasteiger partial charge in [0.25, 0.3) is 0 Å². The average Bonchev–Trinajstić information content (AvgIpc) is 2.63. The fourth-order valence-electron chi connectivity index (χ4n) is 3.32. The van der Waals surface area contributed by atoms with Crippen LogP contribution in [0.4, 0.5) is 0 Å². The monoisotopic (exact) mass is 348 g/mol. The van der Waals surface area contributed by atoms with Crippen molar-refractivity contribution in [3.8, 4) is 0 Å². The number of unbranched alkanes of at least 4 members (excludes halogenated alkanes) is 17. The van der Waals surface area contributed by atoms with Gasteiger partial charge in [-0.05, 0) is 25.7 Å². The molecule has 0 heteroatoms. The van der Waals surface area contributed by atoms with Crippen molar-refractivity contribution in [3.05, 3.63) is 24.3 Å². The minimum atomic E-state index is 1.26. The first-order valence-corrected chi connectivity index (χ1v) is 11.7. The molecule has 0 aromatic carbocycles. The average molecular weight is 349 g/mol. The molecule has 0 aromatic rings. The van der Waals surface area contributed by atoms with Crippen LogP contribution in [0.3, 0.4) is 0 Å². The van der Waals surface area contributed by atoms with E-state index in [0.717, 1.165) is 0 Å². The van der Waals surface area contributed by atoms with Gasteiger partial charge in [-0.1, -0.05) is 134 Å². The van der Waals surface area contributed by atoms with Crippen molar-refractivity contribution in [1.82, 2.24) is 0 Å². The highest BCUT2D eigenvalue weighted by Crippen LogP contribution is 2.12. The zero-order valence-corrected chi connectivity index (χ0v) is 17.7. The first-order chi connectivity index (χ1) is 12.4. The van der Waals surface area contributed by atoms with E-state index in [-0.39, 0.29) is 0 Å². The number of allylic oxidation sites excluding steroid dienone is 4. The maximum Gasteiger partial charge on any atom is -0.0348 e. The SMILES string of the molecule is CCCCCCCC/C=C/C=C/CCCCCCCCCCCCC. The molecule has 0 fully saturated rings. The highest BCUT2D eigenvalue weighted by atomic mass is 14.0. The molecule has 0 aliphatic carbocycles. The molecule has 0 saturated heterocycles. The van der Waals surface area contributed by atoms with Crippen molar-refractivity contribution in [2.45, 2.75) is 136 Å². The van der Waals surface area contributed by atoms with Crippen LogP contribution in [0.5, 0.6) is 0 Å². The molecule has 0 N–H and O–H groups in total. The molecule has 0 aliphatic rings. The van der Waals surface area contributed by atoms with E-state index < -0.39 is 0 Å². The summed E-state index contributed by atoms with van der Waals surface area (Å²) in [6.07, 6.45) is 35.9. The molecule has 0 heterocycles. The van der Waals surface area contributed by atoms with Gasteiger partial charge in [0.05, 0.1) is 0 Å². The Morgan fingerprint density at radius 1 is 0.360 bits per heavy atom. The van der Waals surface area contributed by atoms with Crippen LogP contribution in [-0.4, -0.2) is 0 Å². The van der Waals surface area contributed by atoms with Crippen LogP contribution in [0.1, 0.15) is 136 Å². The fourth-order valence-corrected chi connectivity index (χ4v) is 3.32. The highest BCUT2D eigenvalue weighted by Gasteiger charge is 1.92. The van der Waals surface area contributed by atoms with Crippen LogP contribution in [0.15, 0.2) is 24.3 Å². The van der Waals surface area contributed by atoms with E-state index in [9.17, 15) is 0 Å². The Balaban J connectivity index is 3.13. The van der Waals surface area contributed by atoms with Crippen molar-refractivity contribution in [1.29, 1.82) is 0 Å². The molecule has 0 atom stereocenters. The van der Waals surface area contributed by atoms with Gasteiger partial charge in [0.1, 0.15) is 0 Å². The van der Waals surface area contributed by atoms with Crippen LogP contribution in [0.2, 0.25) is 0 Å². The molecular weight excluding hydrogens is 300 g/mol. The molecular formula is C25H48. The maximum atomic E-state index is 2.35. The predicted octanol–water partition coefficient (Wildman–Crippen LogP) is 9.55. The number of rotatable bonds is 20. The Bertz CT molecular complexity index is 274. The Morgan fingerprint density at radius 2 is 0.640 bits per heavy atom. The summed E-state index contributed by atoms with van der Waals surface area (Å²) in [6.45, 7) is 4.58. The number of hydrogen-bond donors (Lipinski definition) is 0. The maximum absolute atomic E-state index is 2.35. The third kappa shape index (κ3) is 23.5. The summed E-state index contributed by atoms with van der Waals surface area (Å²) in [5.74, 6) is 0. The predicted molar refractivity (Wildman–Crippen MR) is 117 cm³/mol. The van der Waals surface area contributed by atoms with Crippen molar-refractivity contribution in [2.24, 2.45) is 0 Å². The highest BCUT2D eigenvalue weighted by molar-refractivity contribution is 5.02. The molecule has 0 aliphatic heterocycles. The molecule has 0 spiro atoms. The zero-order chi connectivity index (χ0) is 18.3. The Labute approximate surface area is 160 Å². The quantitative estimate of drug-likeness (QED) is 0.152. The van der Waals surface area contributed by atoms with E-state index in [4.69, 9.17) is 0 Å². The molecule has 0 unspecified atom stereocenters. The second-order valence-electron chi connectivity index (χ2n) is 7.74. The number of hydrogen-bond acceptors (Lipinski definition) is 0. The van der Waals surface area contributed by atoms with Crippen LogP contribution in [0, 0.1) is 0 Å². The van der Waals surface area contributed by atoms with Gasteiger partial charge in [-0.3, -0.25) is 0 Å². The summed E-state index contributed by atoms with van der Waals surface area (Å²) in [6, 6.07) is 0. The Morgan fingerprint density at radius 3 is 0.960 bits per heavy atom. The van der Waals surface area contributed by atoms with Crippen LogP contribution >= 0.6 is 0 Å². The van der Waals surface area contributed by atoms with Gasteiger partial charge in [0.2, 0.25) is 0 Å². The lowest BCUT2D eigenvalue weighted by molar-refractivity contribution is 0.550. The second-order valence-corrected chi connectivity index (χ2v) is 7.74. The summed E-state index contributed by atoms with van der Waals surface area (Å²) < 4.78 is 0. The van der Waals surface area contributed by atoms with Crippen LogP contribution in [-0.2, 0) is 0 Å². The molecule has 0 bridgehead atoms. The zero-order valence-electron chi connectivity index (χ0n) is 17.7. The Hall–Kier alpha value is -0.520. The molecule has 0 saturated carbocycles. The first-order valence-electron chi connectivity index (χ1n) is 11.7. The van der Waals surface area contributed by atoms with Gasteiger partial charge >= 0.3 is 0 Å². The summed E-state index contributed by atoms with van der Waals surface area (Å²) in [4.78, 5) is 0. The van der Waals surface area contributed by atoms with E-state index in [1.54, 1.807) is 0 Å². The Kier molecular flexibility index (Phi) is 23.0. The molecule has 0 aromatic heterocycles. The minimum absolute atomic E-state index is 1.26. The molecule has 0 amide bonds. The van der Waals surface area contributed by atoms with Crippen molar-refractivity contribution in [3.63, 3.8) is 0 Å². The molecule has 25 heavy (non-hydrogen) atoms. The summed E-state index contributed by atoms with van der Waals surface area (Å²) in [5, 5.41) is 0. The van der Waals surface area contributed by atoms with E-state index in [1.807, 2.05) is 0 Å². The lowest BCUT2D eigenvalue weighted by atomic mass is 10.1. The van der Waals surface area contributed by atoms with Gasteiger partial charge in [-0.15, -0.1) is 0 Å². The second kappa shape index (κ2) is 23.5. The third-order valence-electron chi connectivity index (χ3n) is 5.08. The molecule has 148 valence electrons.